The summed E-state index contributed by atoms with van der Waals surface area (Å²) in [4.78, 5) is 13.9. The van der Waals surface area contributed by atoms with Crippen LogP contribution in [0.1, 0.15) is 30.6 Å². The van der Waals surface area contributed by atoms with Gasteiger partial charge in [0, 0.05) is 24.9 Å². The van der Waals surface area contributed by atoms with Crippen LogP contribution in [0, 0.1) is 0 Å². The second kappa shape index (κ2) is 7.36. The molecule has 0 unspecified atom stereocenters. The number of carbonyl (C=O) groups excluding carboxylic acids is 1. The van der Waals surface area contributed by atoms with Crippen LogP contribution in [0.15, 0.2) is 12.1 Å². The molecule has 1 aromatic rings. The maximum Gasteiger partial charge on any atom is 0.340 e. The third-order valence-electron chi connectivity index (χ3n) is 2.96. The zero-order chi connectivity index (χ0) is 15.3. The molecule has 0 aliphatic carbocycles. The third kappa shape index (κ3) is 3.77. The van der Waals surface area contributed by atoms with E-state index in [2.05, 4.69) is 0 Å². The lowest BCUT2D eigenvalue weighted by Crippen LogP contribution is -2.34. The van der Waals surface area contributed by atoms with Gasteiger partial charge in [-0.3, -0.25) is 0 Å². The molecule has 0 radical (unpaired) electrons. The summed E-state index contributed by atoms with van der Waals surface area (Å²) >= 11 is 6.26. The molecule has 112 valence electrons. The number of aliphatic hydroxyl groups excluding tert-OH is 1. The first kappa shape index (κ1) is 16.6. The summed E-state index contributed by atoms with van der Waals surface area (Å²) < 4.78 is 4.79. The summed E-state index contributed by atoms with van der Waals surface area (Å²) in [6.07, 6.45) is 0.583. The molecule has 1 rings (SSSR count). The SMILES string of the molecule is COC(=O)c1cc(N)cc(Cl)c1N(CCCO)C(C)C. The van der Waals surface area contributed by atoms with E-state index in [9.17, 15) is 4.79 Å². The lowest BCUT2D eigenvalue weighted by molar-refractivity contribution is 0.0601. The number of halogens is 1. The summed E-state index contributed by atoms with van der Waals surface area (Å²) in [5, 5.41) is 9.41. The fraction of sp³-hybridized carbons (Fsp3) is 0.500. The highest BCUT2D eigenvalue weighted by molar-refractivity contribution is 6.34. The van der Waals surface area contributed by atoms with Gasteiger partial charge >= 0.3 is 5.97 Å². The van der Waals surface area contributed by atoms with Gasteiger partial charge in [0.1, 0.15) is 0 Å². The van der Waals surface area contributed by atoms with Gasteiger partial charge in [-0.1, -0.05) is 11.6 Å². The molecule has 0 saturated carbocycles. The van der Waals surface area contributed by atoms with Gasteiger partial charge in [0.2, 0.25) is 0 Å². The van der Waals surface area contributed by atoms with E-state index in [1.807, 2.05) is 18.7 Å². The Kier molecular flexibility index (Phi) is 6.10. The summed E-state index contributed by atoms with van der Waals surface area (Å²) in [7, 11) is 1.32. The minimum atomic E-state index is -0.483. The molecule has 0 saturated heterocycles. The Bertz CT molecular complexity index is 478. The van der Waals surface area contributed by atoms with Crippen LogP contribution in [0.4, 0.5) is 11.4 Å². The molecule has 0 aliphatic heterocycles. The van der Waals surface area contributed by atoms with E-state index in [0.29, 0.717) is 34.9 Å². The predicted octanol–water partition coefficient (Wildman–Crippen LogP) is 2.31. The molecule has 0 aromatic heterocycles. The van der Waals surface area contributed by atoms with Crippen LogP contribution >= 0.6 is 11.6 Å². The lowest BCUT2D eigenvalue weighted by atomic mass is 10.1. The molecule has 6 heteroatoms. The number of anilines is 2. The molecular formula is C14H21ClN2O3. The van der Waals surface area contributed by atoms with Gasteiger partial charge < -0.3 is 20.5 Å². The number of esters is 1. The Balaban J connectivity index is 3.34. The number of aliphatic hydroxyl groups is 1. The number of hydrogen-bond donors (Lipinski definition) is 2. The Morgan fingerprint density at radius 1 is 1.50 bits per heavy atom. The summed E-state index contributed by atoms with van der Waals surface area (Å²) in [6.45, 7) is 4.64. The van der Waals surface area contributed by atoms with Crippen molar-refractivity contribution in [3.05, 3.63) is 22.7 Å². The van der Waals surface area contributed by atoms with Crippen LogP contribution in [-0.4, -0.2) is 37.4 Å². The molecule has 0 aliphatic rings. The minimum absolute atomic E-state index is 0.0728. The van der Waals surface area contributed by atoms with Gasteiger partial charge in [0.05, 0.1) is 23.4 Å². The first-order chi connectivity index (χ1) is 9.42. The Hall–Kier alpha value is -1.46. The lowest BCUT2D eigenvalue weighted by Gasteiger charge is -2.31. The van der Waals surface area contributed by atoms with E-state index >= 15 is 0 Å². The summed E-state index contributed by atoms with van der Waals surface area (Å²) in [6, 6.07) is 3.28. The molecule has 0 amide bonds. The van der Waals surface area contributed by atoms with E-state index < -0.39 is 5.97 Å². The van der Waals surface area contributed by atoms with Crippen molar-refractivity contribution in [2.45, 2.75) is 26.3 Å². The van der Waals surface area contributed by atoms with Crippen LogP contribution in [0.25, 0.3) is 0 Å². The molecule has 0 bridgehead atoms. The van der Waals surface area contributed by atoms with Crippen molar-refractivity contribution in [1.82, 2.24) is 0 Å². The van der Waals surface area contributed by atoms with Crippen molar-refractivity contribution in [2.24, 2.45) is 0 Å². The second-order valence-electron chi connectivity index (χ2n) is 4.75. The highest BCUT2D eigenvalue weighted by Crippen LogP contribution is 2.34. The first-order valence-electron chi connectivity index (χ1n) is 6.47. The van der Waals surface area contributed by atoms with Gasteiger partial charge in [-0.05, 0) is 32.4 Å². The van der Waals surface area contributed by atoms with Gasteiger partial charge in [-0.15, -0.1) is 0 Å². The van der Waals surface area contributed by atoms with E-state index in [1.54, 1.807) is 12.1 Å². The molecule has 0 spiro atoms. The fourth-order valence-corrected chi connectivity index (χ4v) is 2.38. The largest absolute Gasteiger partial charge is 0.465 e. The normalized spacial score (nSPS) is 10.7. The predicted molar refractivity (Wildman–Crippen MR) is 81.4 cm³/mol. The van der Waals surface area contributed by atoms with E-state index in [4.69, 9.17) is 27.2 Å². The molecule has 20 heavy (non-hydrogen) atoms. The smallest absolute Gasteiger partial charge is 0.340 e. The van der Waals surface area contributed by atoms with Crippen LogP contribution in [0.2, 0.25) is 5.02 Å². The third-order valence-corrected chi connectivity index (χ3v) is 3.25. The monoisotopic (exact) mass is 300 g/mol. The molecule has 1 aromatic carbocycles. The quantitative estimate of drug-likeness (QED) is 0.623. The molecule has 0 fully saturated rings. The van der Waals surface area contributed by atoms with E-state index in [-0.39, 0.29) is 12.6 Å². The minimum Gasteiger partial charge on any atom is -0.465 e. The topological polar surface area (TPSA) is 75.8 Å². The Labute approximate surface area is 124 Å². The van der Waals surface area contributed by atoms with Crippen LogP contribution in [-0.2, 0) is 4.74 Å². The standard InChI is InChI=1S/C14H21ClN2O3/c1-9(2)17(5-4-6-18)13-11(14(19)20-3)7-10(16)8-12(13)15/h7-9,18H,4-6,16H2,1-3H3. The number of carbonyl (C=O) groups is 1. The Morgan fingerprint density at radius 3 is 2.65 bits per heavy atom. The average molecular weight is 301 g/mol. The zero-order valence-electron chi connectivity index (χ0n) is 12.0. The molecule has 0 atom stereocenters. The second-order valence-corrected chi connectivity index (χ2v) is 5.16. The number of benzene rings is 1. The van der Waals surface area contributed by atoms with Crippen LogP contribution < -0.4 is 10.6 Å². The molecular weight excluding hydrogens is 280 g/mol. The average Bonchev–Trinajstić information content (AvgIpc) is 2.39. The number of nitrogens with zero attached hydrogens (tertiary/aromatic N) is 1. The maximum atomic E-state index is 11.9. The van der Waals surface area contributed by atoms with Gasteiger partial charge in [-0.2, -0.15) is 0 Å². The van der Waals surface area contributed by atoms with Crippen molar-refractivity contribution >= 4 is 28.9 Å². The number of ether oxygens (including phenoxy) is 1. The number of hydrogen-bond acceptors (Lipinski definition) is 5. The first-order valence-corrected chi connectivity index (χ1v) is 6.85. The fourth-order valence-electron chi connectivity index (χ4n) is 2.05. The highest BCUT2D eigenvalue weighted by Gasteiger charge is 2.22. The van der Waals surface area contributed by atoms with Crippen molar-refractivity contribution in [2.75, 3.05) is 30.9 Å². The highest BCUT2D eigenvalue weighted by atomic mass is 35.5. The number of nitrogens with two attached hydrogens (primary N) is 1. The zero-order valence-corrected chi connectivity index (χ0v) is 12.8. The van der Waals surface area contributed by atoms with E-state index in [1.165, 1.54) is 7.11 Å². The van der Waals surface area contributed by atoms with Crippen molar-refractivity contribution < 1.29 is 14.6 Å². The molecule has 0 heterocycles. The van der Waals surface area contributed by atoms with Crippen LogP contribution in [0.5, 0.6) is 0 Å². The Morgan fingerprint density at radius 2 is 2.15 bits per heavy atom. The molecule has 3 N–H and O–H groups in total. The van der Waals surface area contributed by atoms with Crippen molar-refractivity contribution in [3.63, 3.8) is 0 Å². The van der Waals surface area contributed by atoms with Crippen LogP contribution in [0.3, 0.4) is 0 Å². The van der Waals surface area contributed by atoms with Crippen molar-refractivity contribution in [3.8, 4) is 0 Å². The number of methoxy groups -OCH3 is 1. The summed E-state index contributed by atoms with van der Waals surface area (Å²) in [5.74, 6) is -0.483. The van der Waals surface area contributed by atoms with E-state index in [0.717, 1.165) is 0 Å². The van der Waals surface area contributed by atoms with Gasteiger partial charge in [-0.25, -0.2) is 4.79 Å². The summed E-state index contributed by atoms with van der Waals surface area (Å²) in [5.41, 5.74) is 7.08. The van der Waals surface area contributed by atoms with Gasteiger partial charge in [0.15, 0.2) is 0 Å². The van der Waals surface area contributed by atoms with Gasteiger partial charge in [0.25, 0.3) is 0 Å². The number of nitrogen functional groups attached to an aromatic ring is 1. The van der Waals surface area contributed by atoms with Crippen molar-refractivity contribution in [1.29, 1.82) is 0 Å². The molecule has 5 nitrogen and oxygen atoms in total. The number of rotatable bonds is 6. The maximum absolute atomic E-state index is 11.9.